The summed E-state index contributed by atoms with van der Waals surface area (Å²) in [6, 6.07) is 31.5. The van der Waals surface area contributed by atoms with Gasteiger partial charge in [-0.3, -0.25) is 4.79 Å². The molecule has 1 N–H and O–H groups in total. The zero-order valence-electron chi connectivity index (χ0n) is 16.5. The average Bonchev–Trinajstić information content (AvgIpc) is 2.80. The summed E-state index contributed by atoms with van der Waals surface area (Å²) in [5, 5.41) is 3.17. The summed E-state index contributed by atoms with van der Waals surface area (Å²) in [6.07, 6.45) is 0. The maximum absolute atomic E-state index is 12.6. The van der Waals surface area contributed by atoms with Crippen LogP contribution in [0, 0.1) is 0 Å². The van der Waals surface area contributed by atoms with Crippen LogP contribution in [0.2, 0.25) is 0 Å². The number of hydrogen-bond donors (Lipinski definition) is 1. The number of nitrogens with one attached hydrogen (secondary N) is 1. The van der Waals surface area contributed by atoms with E-state index in [9.17, 15) is 4.79 Å². The molecule has 4 aromatic rings. The Morgan fingerprint density at radius 1 is 0.767 bits per heavy atom. The van der Waals surface area contributed by atoms with Crippen molar-refractivity contribution in [2.75, 3.05) is 5.32 Å². The number of para-hydroxylation sites is 1. The summed E-state index contributed by atoms with van der Waals surface area (Å²) < 4.78 is 0. The first-order valence-corrected chi connectivity index (χ1v) is 10.6. The fourth-order valence-corrected chi connectivity index (χ4v) is 3.75. The van der Waals surface area contributed by atoms with Crippen LogP contribution in [-0.4, -0.2) is 21.1 Å². The maximum atomic E-state index is 12.6. The lowest BCUT2D eigenvalue weighted by Crippen LogP contribution is -2.22. The van der Waals surface area contributed by atoms with Crippen LogP contribution in [0.4, 0.5) is 5.69 Å². The highest BCUT2D eigenvalue weighted by atomic mass is 32.2. The molecule has 148 valence electrons. The van der Waals surface area contributed by atoms with Crippen molar-refractivity contribution >= 4 is 23.4 Å². The number of carbonyl (C=O) groups is 1. The smallest absolute Gasteiger partial charge is 0.237 e. The molecule has 0 saturated carbocycles. The minimum absolute atomic E-state index is 0.0822. The number of amides is 1. The fraction of sp³-hybridized carbons (Fsp3) is 0.0800. The van der Waals surface area contributed by atoms with E-state index in [2.05, 4.69) is 5.32 Å². The molecule has 0 aliphatic carbocycles. The number of benzene rings is 3. The lowest BCUT2D eigenvalue weighted by atomic mass is 10.1. The van der Waals surface area contributed by atoms with Gasteiger partial charge in [-0.15, -0.1) is 0 Å². The highest BCUT2D eigenvalue weighted by Gasteiger charge is 2.18. The van der Waals surface area contributed by atoms with Crippen LogP contribution in [0.25, 0.3) is 22.5 Å². The van der Waals surface area contributed by atoms with Crippen molar-refractivity contribution in [3.05, 3.63) is 97.1 Å². The lowest BCUT2D eigenvalue weighted by molar-refractivity contribution is -0.115. The van der Waals surface area contributed by atoms with Crippen molar-refractivity contribution < 1.29 is 4.79 Å². The van der Waals surface area contributed by atoms with Crippen molar-refractivity contribution in [1.29, 1.82) is 0 Å². The van der Waals surface area contributed by atoms with E-state index >= 15 is 0 Å². The standard InChI is InChI=1S/C25H21N3OS/c1-18(24(29)26-21-15-9-4-10-16-21)30-25-27-22(19-11-5-2-6-12-19)17-23(28-25)20-13-7-3-8-14-20/h2-18H,1H3,(H,26,29)/t18-/m0/s1. The second kappa shape index (κ2) is 9.37. The fourth-order valence-electron chi connectivity index (χ4n) is 2.97. The van der Waals surface area contributed by atoms with E-state index < -0.39 is 0 Å². The highest BCUT2D eigenvalue weighted by molar-refractivity contribution is 8.00. The number of carbonyl (C=O) groups excluding carboxylic acids is 1. The van der Waals surface area contributed by atoms with Gasteiger partial charge in [0.25, 0.3) is 0 Å². The number of anilines is 1. The molecule has 1 amide bonds. The Kier molecular flexibility index (Phi) is 6.20. The molecule has 1 atom stereocenters. The van der Waals surface area contributed by atoms with E-state index in [0.717, 1.165) is 28.2 Å². The quantitative estimate of drug-likeness (QED) is 0.316. The first-order chi connectivity index (χ1) is 14.7. The minimum Gasteiger partial charge on any atom is -0.325 e. The van der Waals surface area contributed by atoms with Crippen molar-refractivity contribution in [3.63, 3.8) is 0 Å². The number of aromatic nitrogens is 2. The Hall–Kier alpha value is -3.44. The molecule has 4 nitrogen and oxygen atoms in total. The van der Waals surface area contributed by atoms with E-state index in [4.69, 9.17) is 9.97 Å². The van der Waals surface area contributed by atoms with Crippen LogP contribution in [0.15, 0.2) is 102 Å². The third-order valence-electron chi connectivity index (χ3n) is 4.54. The summed E-state index contributed by atoms with van der Waals surface area (Å²) in [6.45, 7) is 1.86. The topological polar surface area (TPSA) is 54.9 Å². The second-order valence-corrected chi connectivity index (χ2v) is 8.08. The predicted octanol–water partition coefficient (Wildman–Crippen LogP) is 5.93. The Morgan fingerprint density at radius 2 is 1.23 bits per heavy atom. The van der Waals surface area contributed by atoms with Gasteiger partial charge in [-0.2, -0.15) is 0 Å². The molecule has 0 aliphatic rings. The van der Waals surface area contributed by atoms with Gasteiger partial charge in [0.15, 0.2) is 5.16 Å². The molecule has 1 heterocycles. The molecule has 0 radical (unpaired) electrons. The van der Waals surface area contributed by atoms with Gasteiger partial charge >= 0.3 is 0 Å². The van der Waals surface area contributed by atoms with Gasteiger partial charge in [0.2, 0.25) is 5.91 Å². The van der Waals surface area contributed by atoms with Crippen molar-refractivity contribution in [1.82, 2.24) is 9.97 Å². The molecule has 0 spiro atoms. The first-order valence-electron chi connectivity index (χ1n) is 9.71. The van der Waals surface area contributed by atoms with Gasteiger partial charge in [-0.05, 0) is 25.1 Å². The minimum atomic E-state index is -0.347. The first kappa shape index (κ1) is 19.9. The summed E-state index contributed by atoms with van der Waals surface area (Å²) in [7, 11) is 0. The summed E-state index contributed by atoms with van der Waals surface area (Å²) >= 11 is 1.35. The van der Waals surface area contributed by atoms with Crippen molar-refractivity contribution in [3.8, 4) is 22.5 Å². The Labute approximate surface area is 180 Å². The van der Waals surface area contributed by atoms with Crippen LogP contribution in [-0.2, 0) is 4.79 Å². The van der Waals surface area contributed by atoms with Gasteiger partial charge in [-0.1, -0.05) is 90.6 Å². The summed E-state index contributed by atoms with van der Waals surface area (Å²) in [5.41, 5.74) is 4.48. The summed E-state index contributed by atoms with van der Waals surface area (Å²) in [5.74, 6) is -0.0822. The van der Waals surface area contributed by atoms with E-state index in [1.54, 1.807) is 0 Å². The Balaban J connectivity index is 1.62. The molecule has 0 aliphatic heterocycles. The Bertz CT molecular complexity index is 1060. The molecule has 0 unspecified atom stereocenters. The third kappa shape index (κ3) is 4.93. The molecule has 3 aromatic carbocycles. The van der Waals surface area contributed by atoms with Gasteiger partial charge in [-0.25, -0.2) is 9.97 Å². The number of rotatable bonds is 6. The van der Waals surface area contributed by atoms with Crippen LogP contribution in [0.3, 0.4) is 0 Å². The van der Waals surface area contributed by atoms with Crippen molar-refractivity contribution in [2.45, 2.75) is 17.3 Å². The normalized spacial score (nSPS) is 11.6. The predicted molar refractivity (Wildman–Crippen MR) is 123 cm³/mol. The van der Waals surface area contributed by atoms with Crippen LogP contribution in [0.1, 0.15) is 6.92 Å². The van der Waals surface area contributed by atoms with E-state index in [0.29, 0.717) is 5.16 Å². The molecule has 4 rings (SSSR count). The number of hydrogen-bond acceptors (Lipinski definition) is 4. The van der Waals surface area contributed by atoms with Crippen molar-refractivity contribution in [2.24, 2.45) is 0 Å². The second-order valence-electron chi connectivity index (χ2n) is 6.77. The van der Waals surface area contributed by atoms with E-state index in [-0.39, 0.29) is 11.2 Å². The van der Waals surface area contributed by atoms with Crippen LogP contribution >= 0.6 is 11.8 Å². The zero-order valence-corrected chi connectivity index (χ0v) is 17.3. The van der Waals surface area contributed by atoms with Crippen LogP contribution < -0.4 is 5.32 Å². The molecule has 0 fully saturated rings. The molecule has 0 bridgehead atoms. The van der Waals surface area contributed by atoms with Crippen LogP contribution in [0.5, 0.6) is 0 Å². The maximum Gasteiger partial charge on any atom is 0.237 e. The SMILES string of the molecule is C[C@H](Sc1nc(-c2ccccc2)cc(-c2ccccc2)n1)C(=O)Nc1ccccc1. The average molecular weight is 412 g/mol. The highest BCUT2D eigenvalue weighted by Crippen LogP contribution is 2.29. The molecular formula is C25H21N3OS. The largest absolute Gasteiger partial charge is 0.325 e. The van der Waals surface area contributed by atoms with Gasteiger partial charge in [0.05, 0.1) is 16.6 Å². The van der Waals surface area contributed by atoms with E-state index in [1.165, 1.54) is 11.8 Å². The molecule has 1 aromatic heterocycles. The third-order valence-corrected chi connectivity index (χ3v) is 5.50. The molecule has 30 heavy (non-hydrogen) atoms. The van der Waals surface area contributed by atoms with Gasteiger partial charge in [0, 0.05) is 16.8 Å². The number of thioether (sulfide) groups is 1. The zero-order chi connectivity index (χ0) is 20.8. The Morgan fingerprint density at radius 3 is 1.73 bits per heavy atom. The van der Waals surface area contributed by atoms with Gasteiger partial charge < -0.3 is 5.32 Å². The van der Waals surface area contributed by atoms with Gasteiger partial charge in [0.1, 0.15) is 0 Å². The number of nitrogens with zero attached hydrogens (tertiary/aromatic N) is 2. The molecule has 5 heteroatoms. The molecular weight excluding hydrogens is 390 g/mol. The molecule has 0 saturated heterocycles. The monoisotopic (exact) mass is 411 g/mol. The lowest BCUT2D eigenvalue weighted by Gasteiger charge is -2.13. The summed E-state index contributed by atoms with van der Waals surface area (Å²) in [4.78, 5) is 22.1. The van der Waals surface area contributed by atoms with E-state index in [1.807, 2.05) is 104 Å².